The number of hydrogen-bond acceptors (Lipinski definition) is 4. The van der Waals surface area contributed by atoms with Crippen LogP contribution in [0.15, 0.2) is 12.3 Å². The zero-order valence-corrected chi connectivity index (χ0v) is 10.6. The number of hydrogen-bond donors (Lipinski definition) is 3. The predicted molar refractivity (Wildman–Crippen MR) is 65.2 cm³/mol. The maximum atomic E-state index is 12.9. The number of nitrogens with zero attached hydrogens (tertiary/aromatic N) is 1. The van der Waals surface area contributed by atoms with Crippen LogP contribution in [-0.4, -0.2) is 35.3 Å². The number of rotatable bonds is 2. The molecule has 1 aliphatic rings. The van der Waals surface area contributed by atoms with Crippen LogP contribution < -0.4 is 10.6 Å². The summed E-state index contributed by atoms with van der Waals surface area (Å²) in [6.07, 6.45) is -3.64. The lowest BCUT2D eigenvalue weighted by Crippen LogP contribution is -2.48. The van der Waals surface area contributed by atoms with Crippen molar-refractivity contribution in [1.29, 1.82) is 0 Å². The van der Waals surface area contributed by atoms with E-state index in [2.05, 4.69) is 15.6 Å². The van der Waals surface area contributed by atoms with Crippen LogP contribution in [0.3, 0.4) is 0 Å². The second kappa shape index (κ2) is 5.52. The van der Waals surface area contributed by atoms with Gasteiger partial charge in [-0.05, 0) is 19.0 Å². The molecule has 0 saturated carbocycles. The van der Waals surface area contributed by atoms with Crippen molar-refractivity contribution in [3.8, 4) is 0 Å². The molecule has 1 aliphatic heterocycles. The van der Waals surface area contributed by atoms with E-state index in [9.17, 15) is 18.3 Å². The molecule has 3 N–H and O–H groups in total. The summed E-state index contributed by atoms with van der Waals surface area (Å²) in [5.74, 6) is -0.303. The van der Waals surface area contributed by atoms with Crippen LogP contribution in [0.5, 0.6) is 0 Å². The molecule has 0 aliphatic carbocycles. The van der Waals surface area contributed by atoms with Gasteiger partial charge in [-0.3, -0.25) is 0 Å². The van der Waals surface area contributed by atoms with Gasteiger partial charge in [0.1, 0.15) is 5.82 Å². The Balaban J connectivity index is 2.24. The minimum atomic E-state index is -4.54. The third-order valence-corrected chi connectivity index (χ3v) is 3.14. The van der Waals surface area contributed by atoms with E-state index in [-0.39, 0.29) is 10.8 Å². The van der Waals surface area contributed by atoms with E-state index < -0.39 is 23.9 Å². The van der Waals surface area contributed by atoms with E-state index in [1.54, 1.807) is 0 Å². The fraction of sp³-hybridized carbons (Fsp3) is 0.545. The molecule has 4 nitrogen and oxygen atoms in total. The highest BCUT2D eigenvalue weighted by atomic mass is 35.5. The van der Waals surface area contributed by atoms with Gasteiger partial charge in [-0.15, -0.1) is 0 Å². The maximum absolute atomic E-state index is 12.9. The van der Waals surface area contributed by atoms with Gasteiger partial charge in [0.2, 0.25) is 0 Å². The number of nitrogens with one attached hydrogen (secondary N) is 2. The fourth-order valence-electron chi connectivity index (χ4n) is 1.96. The van der Waals surface area contributed by atoms with Crippen molar-refractivity contribution in [2.45, 2.75) is 24.7 Å². The Labute approximate surface area is 113 Å². The molecule has 0 unspecified atom stereocenters. The minimum Gasteiger partial charge on any atom is -0.390 e. The molecule has 1 fully saturated rings. The summed E-state index contributed by atoms with van der Waals surface area (Å²) in [5, 5.41) is 15.2. The predicted octanol–water partition coefficient (Wildman–Crippen LogP) is 1.89. The van der Waals surface area contributed by atoms with Gasteiger partial charge in [0, 0.05) is 12.7 Å². The highest BCUT2D eigenvalue weighted by Gasteiger charge is 2.36. The van der Waals surface area contributed by atoms with Crippen LogP contribution in [0, 0.1) is 0 Å². The summed E-state index contributed by atoms with van der Waals surface area (Å²) < 4.78 is 38.6. The zero-order valence-electron chi connectivity index (χ0n) is 9.84. The fourth-order valence-corrected chi connectivity index (χ4v) is 2.11. The summed E-state index contributed by atoms with van der Waals surface area (Å²) in [6, 6.07) is 0.362. The summed E-state index contributed by atoms with van der Waals surface area (Å²) in [4.78, 5) is 3.68. The van der Waals surface area contributed by atoms with Crippen molar-refractivity contribution in [1.82, 2.24) is 10.3 Å². The Morgan fingerprint density at radius 2 is 2.21 bits per heavy atom. The molecule has 106 valence electrons. The third kappa shape index (κ3) is 3.49. The second-order valence-corrected chi connectivity index (χ2v) is 4.79. The molecule has 1 saturated heterocycles. The Morgan fingerprint density at radius 1 is 1.47 bits per heavy atom. The molecular formula is C11H13ClF3N3O. The molecular weight excluding hydrogens is 283 g/mol. The lowest BCUT2D eigenvalue weighted by atomic mass is 10.0. The first-order valence-corrected chi connectivity index (χ1v) is 6.14. The van der Waals surface area contributed by atoms with Gasteiger partial charge in [-0.1, -0.05) is 11.6 Å². The van der Waals surface area contributed by atoms with Crippen LogP contribution in [-0.2, 0) is 6.18 Å². The molecule has 19 heavy (non-hydrogen) atoms. The lowest BCUT2D eigenvalue weighted by molar-refractivity contribution is -0.137. The van der Waals surface area contributed by atoms with Gasteiger partial charge in [0.25, 0.3) is 0 Å². The van der Waals surface area contributed by atoms with E-state index in [1.165, 1.54) is 0 Å². The number of halogens is 4. The molecule has 1 aromatic rings. The van der Waals surface area contributed by atoms with E-state index in [4.69, 9.17) is 11.6 Å². The highest BCUT2D eigenvalue weighted by molar-refractivity contribution is 6.30. The first-order valence-electron chi connectivity index (χ1n) is 5.76. The van der Waals surface area contributed by atoms with Gasteiger partial charge in [-0.25, -0.2) is 4.98 Å². The van der Waals surface area contributed by atoms with Gasteiger partial charge in [-0.2, -0.15) is 13.2 Å². The number of aliphatic hydroxyl groups is 1. The van der Waals surface area contributed by atoms with E-state index >= 15 is 0 Å². The average molecular weight is 296 g/mol. The van der Waals surface area contributed by atoms with Crippen LogP contribution in [0.25, 0.3) is 0 Å². The minimum absolute atomic E-state index is 0.0799. The Hall–Kier alpha value is -1.05. The molecule has 2 heterocycles. The lowest BCUT2D eigenvalue weighted by Gasteiger charge is -2.30. The molecule has 2 rings (SSSR count). The van der Waals surface area contributed by atoms with Gasteiger partial charge in [0.05, 0.1) is 22.7 Å². The second-order valence-electron chi connectivity index (χ2n) is 4.36. The van der Waals surface area contributed by atoms with Crippen LogP contribution in [0.4, 0.5) is 19.0 Å². The number of aromatic nitrogens is 1. The first-order chi connectivity index (χ1) is 8.88. The van der Waals surface area contributed by atoms with Crippen molar-refractivity contribution in [2.24, 2.45) is 0 Å². The highest BCUT2D eigenvalue weighted by Crippen LogP contribution is 2.35. The van der Waals surface area contributed by atoms with Gasteiger partial charge in [0.15, 0.2) is 0 Å². The molecule has 1 aromatic heterocycles. The topological polar surface area (TPSA) is 57.2 Å². The molecule has 8 heteroatoms. The number of piperidine rings is 1. The summed E-state index contributed by atoms with van der Waals surface area (Å²) >= 11 is 5.54. The summed E-state index contributed by atoms with van der Waals surface area (Å²) in [5.41, 5.74) is -0.925. The van der Waals surface area contributed by atoms with Crippen molar-refractivity contribution < 1.29 is 18.3 Å². The molecule has 0 bridgehead atoms. The molecule has 2 atom stereocenters. The van der Waals surface area contributed by atoms with E-state index in [1.807, 2.05) is 0 Å². The normalized spacial score (nSPS) is 24.3. The first kappa shape index (κ1) is 14.4. The SMILES string of the molecule is O[C@@H]1CNCC[C@H]1Nc1ncc(Cl)cc1C(F)(F)F. The molecule has 0 spiro atoms. The van der Waals surface area contributed by atoms with E-state index in [0.29, 0.717) is 19.5 Å². The van der Waals surface area contributed by atoms with E-state index in [0.717, 1.165) is 12.3 Å². The Kier molecular flexibility index (Phi) is 4.17. The van der Waals surface area contributed by atoms with Crippen LogP contribution in [0.1, 0.15) is 12.0 Å². The third-order valence-electron chi connectivity index (χ3n) is 2.93. The van der Waals surface area contributed by atoms with Crippen molar-refractivity contribution in [2.75, 3.05) is 18.4 Å². The Bertz CT molecular complexity index is 455. The van der Waals surface area contributed by atoms with Crippen molar-refractivity contribution in [3.63, 3.8) is 0 Å². The average Bonchev–Trinajstić information content (AvgIpc) is 2.33. The van der Waals surface area contributed by atoms with Gasteiger partial charge >= 0.3 is 6.18 Å². The summed E-state index contributed by atoms with van der Waals surface area (Å²) in [7, 11) is 0. The quantitative estimate of drug-likeness (QED) is 0.780. The summed E-state index contributed by atoms with van der Waals surface area (Å²) in [6.45, 7) is 0.969. The number of anilines is 1. The number of pyridine rings is 1. The number of alkyl halides is 3. The van der Waals surface area contributed by atoms with Crippen LogP contribution in [0.2, 0.25) is 5.02 Å². The van der Waals surface area contributed by atoms with Gasteiger partial charge < -0.3 is 15.7 Å². The number of β-amino-alcohol motifs (C(OH)–C–C–N with tert-alkyl or cyclic N) is 1. The molecule has 0 amide bonds. The Morgan fingerprint density at radius 3 is 2.84 bits per heavy atom. The number of aliphatic hydroxyl groups excluding tert-OH is 1. The standard InChI is InChI=1S/C11H13ClF3N3O/c12-6-3-7(11(13,14)15)10(17-4-6)18-8-1-2-16-5-9(8)19/h3-4,8-9,16,19H,1-2,5H2,(H,17,18)/t8-,9-/m1/s1. The monoisotopic (exact) mass is 295 g/mol. The largest absolute Gasteiger partial charge is 0.420 e. The van der Waals surface area contributed by atoms with Crippen molar-refractivity contribution >= 4 is 17.4 Å². The zero-order chi connectivity index (χ0) is 14.0. The maximum Gasteiger partial charge on any atom is 0.420 e. The molecule has 0 radical (unpaired) electrons. The van der Waals surface area contributed by atoms with Crippen LogP contribution >= 0.6 is 11.6 Å². The molecule has 0 aromatic carbocycles. The van der Waals surface area contributed by atoms with Crippen molar-refractivity contribution in [3.05, 3.63) is 22.8 Å². The smallest absolute Gasteiger partial charge is 0.390 e.